The third-order valence-corrected chi connectivity index (χ3v) is 5.99. The van der Waals surface area contributed by atoms with Gasteiger partial charge in [0.05, 0.1) is 19.1 Å². The van der Waals surface area contributed by atoms with E-state index in [9.17, 15) is 4.79 Å². The van der Waals surface area contributed by atoms with E-state index in [-0.39, 0.29) is 11.7 Å². The van der Waals surface area contributed by atoms with Crippen LogP contribution in [0.25, 0.3) is 17.1 Å². The summed E-state index contributed by atoms with van der Waals surface area (Å²) in [6, 6.07) is 21.3. The molecule has 2 aromatic heterocycles. The zero-order valence-corrected chi connectivity index (χ0v) is 18.3. The molecule has 0 saturated heterocycles. The first kappa shape index (κ1) is 20.8. The first-order valence-electron chi connectivity index (χ1n) is 9.38. The molecule has 0 radical (unpaired) electrons. The molecule has 2 aromatic carbocycles. The van der Waals surface area contributed by atoms with E-state index in [1.807, 2.05) is 76.7 Å². The number of nitrogens with one attached hydrogen (secondary N) is 1. The molecule has 9 heteroatoms. The second kappa shape index (κ2) is 10.1. The van der Waals surface area contributed by atoms with Gasteiger partial charge < -0.3 is 4.74 Å². The average molecular weight is 450 g/mol. The number of carbonyl (C=O) groups excluding carboxylic acids is 1. The van der Waals surface area contributed by atoms with Gasteiger partial charge in [-0.25, -0.2) is 5.43 Å². The smallest absolute Gasteiger partial charge is 0.250 e. The topological polar surface area (TPSA) is 81.4 Å². The number of methoxy groups -OCH3 is 1. The molecule has 0 aliphatic heterocycles. The summed E-state index contributed by atoms with van der Waals surface area (Å²) in [6.07, 6.45) is 1.63. The van der Waals surface area contributed by atoms with Gasteiger partial charge in [0, 0.05) is 16.1 Å². The van der Waals surface area contributed by atoms with Gasteiger partial charge in [-0.15, -0.1) is 21.5 Å². The van der Waals surface area contributed by atoms with Crippen LogP contribution in [0.2, 0.25) is 0 Å². The number of hydrogen-bond donors (Lipinski definition) is 1. The van der Waals surface area contributed by atoms with Crippen LogP contribution in [0.4, 0.5) is 0 Å². The fraction of sp³-hybridized carbons (Fsp3) is 0.0909. The van der Waals surface area contributed by atoms with Crippen LogP contribution in [-0.4, -0.2) is 39.7 Å². The Morgan fingerprint density at radius 1 is 1.13 bits per heavy atom. The van der Waals surface area contributed by atoms with E-state index in [0.29, 0.717) is 11.0 Å². The lowest BCUT2D eigenvalue weighted by molar-refractivity contribution is -0.118. The molecule has 0 fully saturated rings. The van der Waals surface area contributed by atoms with Crippen molar-refractivity contribution in [2.24, 2.45) is 5.10 Å². The number of aromatic nitrogens is 3. The molecule has 156 valence electrons. The lowest BCUT2D eigenvalue weighted by atomic mass is 10.2. The zero-order valence-electron chi connectivity index (χ0n) is 16.6. The quantitative estimate of drug-likeness (QED) is 0.247. The molecule has 1 amide bonds. The van der Waals surface area contributed by atoms with Gasteiger partial charge in [-0.05, 0) is 47.8 Å². The van der Waals surface area contributed by atoms with Crippen molar-refractivity contribution in [1.29, 1.82) is 0 Å². The van der Waals surface area contributed by atoms with Gasteiger partial charge in [0.15, 0.2) is 11.0 Å². The number of thiophene rings is 1. The molecule has 1 N–H and O–H groups in total. The molecular formula is C22H19N5O2S2. The highest BCUT2D eigenvalue weighted by Crippen LogP contribution is 2.28. The van der Waals surface area contributed by atoms with E-state index in [4.69, 9.17) is 4.74 Å². The number of hydrazone groups is 1. The molecule has 31 heavy (non-hydrogen) atoms. The van der Waals surface area contributed by atoms with Crippen molar-refractivity contribution in [2.45, 2.75) is 5.16 Å². The van der Waals surface area contributed by atoms with Crippen LogP contribution in [0.3, 0.4) is 0 Å². The molecule has 0 bridgehead atoms. The van der Waals surface area contributed by atoms with Crippen molar-refractivity contribution < 1.29 is 9.53 Å². The van der Waals surface area contributed by atoms with E-state index < -0.39 is 0 Å². The highest BCUT2D eigenvalue weighted by Gasteiger charge is 2.17. The fourth-order valence-electron chi connectivity index (χ4n) is 2.80. The maximum absolute atomic E-state index is 12.2. The average Bonchev–Trinajstić information content (AvgIpc) is 3.48. The highest BCUT2D eigenvalue weighted by atomic mass is 32.2. The van der Waals surface area contributed by atoms with Gasteiger partial charge in [-0.3, -0.25) is 9.36 Å². The Bertz CT molecular complexity index is 1160. The minimum Gasteiger partial charge on any atom is -0.497 e. The van der Waals surface area contributed by atoms with Crippen LogP contribution in [0, 0.1) is 0 Å². The van der Waals surface area contributed by atoms with Gasteiger partial charge >= 0.3 is 0 Å². The molecule has 0 atom stereocenters. The van der Waals surface area contributed by atoms with Crippen molar-refractivity contribution in [3.63, 3.8) is 0 Å². The predicted molar refractivity (Wildman–Crippen MR) is 124 cm³/mol. The van der Waals surface area contributed by atoms with Gasteiger partial charge in [0.1, 0.15) is 5.75 Å². The van der Waals surface area contributed by atoms with Gasteiger partial charge in [-0.1, -0.05) is 36.0 Å². The second-order valence-corrected chi connectivity index (χ2v) is 8.22. The number of thioether (sulfide) groups is 1. The number of para-hydroxylation sites is 1. The summed E-state index contributed by atoms with van der Waals surface area (Å²) in [5.41, 5.74) is 4.36. The van der Waals surface area contributed by atoms with E-state index in [2.05, 4.69) is 20.7 Å². The zero-order chi connectivity index (χ0) is 21.5. The Morgan fingerprint density at radius 3 is 2.65 bits per heavy atom. The number of nitrogens with zero attached hydrogens (tertiary/aromatic N) is 4. The maximum atomic E-state index is 12.2. The van der Waals surface area contributed by atoms with E-state index in [1.54, 1.807) is 24.7 Å². The number of benzene rings is 2. The Hall–Kier alpha value is -3.43. The predicted octanol–water partition coefficient (Wildman–Crippen LogP) is 4.25. The van der Waals surface area contributed by atoms with Crippen LogP contribution >= 0.6 is 23.1 Å². The monoisotopic (exact) mass is 449 g/mol. The molecule has 0 spiro atoms. The van der Waals surface area contributed by atoms with E-state index in [0.717, 1.165) is 21.9 Å². The molecular weight excluding hydrogens is 430 g/mol. The molecule has 0 unspecified atom stereocenters. The standard InChI is InChI=1S/C22H19N5O2S2/c1-29-18-11-9-16(10-12-18)21-25-26-22(27(21)17-6-3-2-4-7-17)31-15-20(28)24-23-14-19-8-5-13-30-19/h2-14H,15H2,1H3,(H,24,28). The number of hydrogen-bond acceptors (Lipinski definition) is 7. The van der Waals surface area contributed by atoms with Crippen molar-refractivity contribution in [3.05, 3.63) is 77.0 Å². The van der Waals surface area contributed by atoms with Crippen LogP contribution < -0.4 is 10.2 Å². The van der Waals surface area contributed by atoms with Crippen molar-refractivity contribution in [1.82, 2.24) is 20.2 Å². The summed E-state index contributed by atoms with van der Waals surface area (Å²) in [5.74, 6) is 1.40. The molecule has 7 nitrogen and oxygen atoms in total. The molecule has 2 heterocycles. The number of rotatable bonds is 8. The normalized spacial score (nSPS) is 11.0. The summed E-state index contributed by atoms with van der Waals surface area (Å²) in [7, 11) is 1.63. The first-order chi connectivity index (χ1) is 15.2. The Labute approximate surface area is 187 Å². The summed E-state index contributed by atoms with van der Waals surface area (Å²) < 4.78 is 7.18. The first-order valence-corrected chi connectivity index (χ1v) is 11.2. The van der Waals surface area contributed by atoms with Crippen LogP contribution in [-0.2, 0) is 4.79 Å². The summed E-state index contributed by atoms with van der Waals surface area (Å²) in [4.78, 5) is 13.2. The van der Waals surface area contributed by atoms with Gasteiger partial charge in [0.2, 0.25) is 0 Å². The van der Waals surface area contributed by atoms with E-state index in [1.165, 1.54) is 11.8 Å². The summed E-state index contributed by atoms with van der Waals surface area (Å²) in [5, 5.41) is 15.3. The molecule has 0 saturated carbocycles. The SMILES string of the molecule is COc1ccc(-c2nnc(SCC(=O)NN=Cc3cccs3)n2-c2ccccc2)cc1. The van der Waals surface area contributed by atoms with Crippen molar-refractivity contribution >= 4 is 35.2 Å². The number of amides is 1. The number of carbonyl (C=O) groups is 1. The van der Waals surface area contributed by atoms with Crippen molar-refractivity contribution in [3.8, 4) is 22.8 Å². The lowest BCUT2D eigenvalue weighted by Crippen LogP contribution is -2.19. The number of ether oxygens (including phenoxy) is 1. The Balaban J connectivity index is 1.53. The minimum atomic E-state index is -0.216. The lowest BCUT2D eigenvalue weighted by Gasteiger charge is -2.10. The molecule has 4 aromatic rings. The van der Waals surface area contributed by atoms with Crippen LogP contribution in [0.5, 0.6) is 5.75 Å². The third kappa shape index (κ3) is 5.19. The summed E-state index contributed by atoms with van der Waals surface area (Å²) in [6.45, 7) is 0. The van der Waals surface area contributed by atoms with Crippen molar-refractivity contribution in [2.75, 3.05) is 12.9 Å². The fourth-order valence-corrected chi connectivity index (χ4v) is 4.12. The molecule has 0 aliphatic carbocycles. The van der Waals surface area contributed by atoms with Crippen LogP contribution in [0.15, 0.2) is 82.4 Å². The summed E-state index contributed by atoms with van der Waals surface area (Å²) >= 11 is 2.85. The molecule has 4 rings (SSSR count). The maximum Gasteiger partial charge on any atom is 0.250 e. The largest absolute Gasteiger partial charge is 0.497 e. The minimum absolute atomic E-state index is 0.162. The van der Waals surface area contributed by atoms with Gasteiger partial charge in [-0.2, -0.15) is 5.10 Å². The molecule has 0 aliphatic rings. The Morgan fingerprint density at radius 2 is 1.94 bits per heavy atom. The third-order valence-electron chi connectivity index (χ3n) is 4.25. The highest BCUT2D eigenvalue weighted by molar-refractivity contribution is 7.99. The van der Waals surface area contributed by atoms with E-state index >= 15 is 0 Å². The second-order valence-electron chi connectivity index (χ2n) is 6.30. The Kier molecular flexibility index (Phi) is 6.75. The van der Waals surface area contributed by atoms with Gasteiger partial charge in [0.25, 0.3) is 5.91 Å². The van der Waals surface area contributed by atoms with Crippen LogP contribution in [0.1, 0.15) is 4.88 Å².